The minimum absolute atomic E-state index is 0.0404. The van der Waals surface area contributed by atoms with Gasteiger partial charge in [0.1, 0.15) is 5.01 Å². The van der Waals surface area contributed by atoms with Crippen molar-refractivity contribution in [2.75, 3.05) is 7.05 Å². The van der Waals surface area contributed by atoms with Gasteiger partial charge in [0.15, 0.2) is 0 Å². The average Bonchev–Trinajstić information content (AvgIpc) is 3.10. The minimum atomic E-state index is 0.0404. The van der Waals surface area contributed by atoms with Gasteiger partial charge in [0, 0.05) is 4.88 Å². The third kappa shape index (κ3) is 1.68. The van der Waals surface area contributed by atoms with Crippen LogP contribution in [-0.4, -0.2) is 12.0 Å². The van der Waals surface area contributed by atoms with E-state index in [9.17, 15) is 0 Å². The quantitative estimate of drug-likeness (QED) is 0.907. The molecule has 1 aromatic carbocycles. The molecule has 0 bridgehead atoms. The Bertz CT molecular complexity index is 583. The fourth-order valence-electron chi connectivity index (χ4n) is 3.45. The van der Waals surface area contributed by atoms with Crippen LogP contribution in [0.1, 0.15) is 33.1 Å². The molecule has 1 N–H and O–H groups in total. The van der Waals surface area contributed by atoms with E-state index in [0.29, 0.717) is 0 Å². The first-order valence-corrected chi connectivity index (χ1v) is 7.87. The highest BCUT2D eigenvalue weighted by molar-refractivity contribution is 7.12. The van der Waals surface area contributed by atoms with Gasteiger partial charge in [-0.05, 0) is 50.3 Å². The summed E-state index contributed by atoms with van der Waals surface area (Å²) in [6, 6.07) is 8.81. The molecule has 0 radical (unpaired) electrons. The zero-order valence-corrected chi connectivity index (χ0v) is 12.0. The second-order valence-corrected chi connectivity index (χ2v) is 6.78. The summed E-state index contributed by atoms with van der Waals surface area (Å²) in [6.07, 6.45) is 5.86. The molecule has 98 valence electrons. The zero-order valence-electron chi connectivity index (χ0n) is 11.2. The molecule has 0 spiro atoms. The lowest BCUT2D eigenvalue weighted by Crippen LogP contribution is -2.40. The topological polar surface area (TPSA) is 24.9 Å². The monoisotopic (exact) mass is 270 g/mol. The number of benzene rings is 1. The number of aromatic nitrogens is 1. The number of fused-ring (bicyclic) bond motifs is 2. The number of thiazole rings is 1. The van der Waals surface area contributed by atoms with Crippen molar-refractivity contribution >= 4 is 11.3 Å². The molecule has 0 saturated carbocycles. The number of hydrogen-bond acceptors (Lipinski definition) is 3. The maximum Gasteiger partial charge on any atom is 0.114 e. The second-order valence-electron chi connectivity index (χ2n) is 5.70. The Morgan fingerprint density at radius 2 is 1.89 bits per heavy atom. The van der Waals surface area contributed by atoms with E-state index in [1.165, 1.54) is 46.0 Å². The van der Waals surface area contributed by atoms with Crippen LogP contribution in [-0.2, 0) is 31.2 Å². The molecule has 2 aromatic rings. The van der Waals surface area contributed by atoms with Crippen molar-refractivity contribution in [3.05, 3.63) is 51.0 Å². The van der Waals surface area contributed by atoms with Gasteiger partial charge in [-0.15, -0.1) is 11.3 Å². The van der Waals surface area contributed by atoms with E-state index < -0.39 is 0 Å². The molecular weight excluding hydrogens is 252 g/mol. The SMILES string of the molecule is CNC1(c2nc3c(s2)CCC3)Cc2ccccc2C1. The summed E-state index contributed by atoms with van der Waals surface area (Å²) in [4.78, 5) is 6.48. The number of nitrogens with zero attached hydrogens (tertiary/aromatic N) is 1. The van der Waals surface area contributed by atoms with E-state index in [1.807, 2.05) is 11.3 Å². The summed E-state index contributed by atoms with van der Waals surface area (Å²) in [6.45, 7) is 0. The molecule has 0 saturated heterocycles. The first kappa shape index (κ1) is 11.6. The number of likely N-dealkylation sites (N-methyl/N-ethyl adjacent to an activating group) is 1. The molecule has 4 rings (SSSR count). The fraction of sp³-hybridized carbons (Fsp3) is 0.438. The fourth-order valence-corrected chi connectivity index (χ4v) is 4.79. The molecule has 0 fully saturated rings. The van der Waals surface area contributed by atoms with Crippen molar-refractivity contribution in [2.24, 2.45) is 0 Å². The van der Waals surface area contributed by atoms with Crippen molar-refractivity contribution in [1.29, 1.82) is 0 Å². The normalized spacial score (nSPS) is 19.4. The Balaban J connectivity index is 1.76. The van der Waals surface area contributed by atoms with Gasteiger partial charge in [0.25, 0.3) is 0 Å². The number of rotatable bonds is 2. The molecule has 3 heteroatoms. The van der Waals surface area contributed by atoms with E-state index in [2.05, 4.69) is 36.6 Å². The molecule has 0 amide bonds. The summed E-state index contributed by atoms with van der Waals surface area (Å²) in [7, 11) is 2.08. The first-order chi connectivity index (χ1) is 9.31. The van der Waals surface area contributed by atoms with Crippen LogP contribution in [0.15, 0.2) is 24.3 Å². The van der Waals surface area contributed by atoms with E-state index >= 15 is 0 Å². The van der Waals surface area contributed by atoms with E-state index in [0.717, 1.165) is 12.8 Å². The summed E-state index contributed by atoms with van der Waals surface area (Å²) >= 11 is 1.94. The molecule has 2 aliphatic rings. The third-order valence-corrected chi connectivity index (χ3v) is 5.95. The lowest BCUT2D eigenvalue weighted by Gasteiger charge is -2.26. The van der Waals surface area contributed by atoms with Gasteiger partial charge in [0.2, 0.25) is 0 Å². The van der Waals surface area contributed by atoms with Crippen molar-refractivity contribution in [2.45, 2.75) is 37.6 Å². The number of hydrogen-bond donors (Lipinski definition) is 1. The molecule has 0 unspecified atom stereocenters. The van der Waals surface area contributed by atoms with Gasteiger partial charge in [-0.3, -0.25) is 0 Å². The molecule has 2 nitrogen and oxygen atoms in total. The summed E-state index contributed by atoms with van der Waals surface area (Å²) in [5, 5.41) is 4.88. The molecule has 0 aliphatic heterocycles. The standard InChI is InChI=1S/C16H18N2S/c1-17-16(9-11-5-2-3-6-12(11)10-16)15-18-13-7-4-8-14(13)19-15/h2-3,5-6,17H,4,7-10H2,1H3. The molecule has 19 heavy (non-hydrogen) atoms. The Hall–Kier alpha value is -1.19. The molecule has 2 aliphatic carbocycles. The summed E-state index contributed by atoms with van der Waals surface area (Å²) in [5.41, 5.74) is 4.36. The lowest BCUT2D eigenvalue weighted by molar-refractivity contribution is 0.379. The molecular formula is C16H18N2S. The van der Waals surface area contributed by atoms with Gasteiger partial charge < -0.3 is 5.32 Å². The third-order valence-electron chi connectivity index (χ3n) is 4.59. The Morgan fingerprint density at radius 1 is 1.16 bits per heavy atom. The Kier molecular flexibility index (Phi) is 2.54. The van der Waals surface area contributed by atoms with Crippen LogP contribution in [0.5, 0.6) is 0 Å². The summed E-state index contributed by atoms with van der Waals surface area (Å²) < 4.78 is 0. The lowest BCUT2D eigenvalue weighted by atomic mass is 9.97. The number of aryl methyl sites for hydroxylation is 2. The van der Waals surface area contributed by atoms with Crippen LogP contribution < -0.4 is 5.32 Å². The van der Waals surface area contributed by atoms with Crippen LogP contribution in [0.4, 0.5) is 0 Å². The van der Waals surface area contributed by atoms with E-state index in [4.69, 9.17) is 4.98 Å². The van der Waals surface area contributed by atoms with E-state index in [-0.39, 0.29) is 5.54 Å². The molecule has 0 atom stereocenters. The van der Waals surface area contributed by atoms with Crippen LogP contribution in [0.25, 0.3) is 0 Å². The van der Waals surface area contributed by atoms with Gasteiger partial charge in [0.05, 0.1) is 11.2 Å². The van der Waals surface area contributed by atoms with E-state index in [1.54, 1.807) is 0 Å². The van der Waals surface area contributed by atoms with Gasteiger partial charge in [-0.25, -0.2) is 4.98 Å². The highest BCUT2D eigenvalue weighted by Gasteiger charge is 2.40. The Labute approximate surface area is 117 Å². The smallest absolute Gasteiger partial charge is 0.114 e. The van der Waals surface area contributed by atoms with Gasteiger partial charge in [-0.1, -0.05) is 24.3 Å². The highest BCUT2D eigenvalue weighted by atomic mass is 32.1. The predicted molar refractivity (Wildman–Crippen MR) is 78.7 cm³/mol. The minimum Gasteiger partial charge on any atom is -0.308 e. The summed E-state index contributed by atoms with van der Waals surface area (Å²) in [5.74, 6) is 0. The predicted octanol–water partition coefficient (Wildman–Crippen LogP) is 2.85. The second kappa shape index (κ2) is 4.15. The van der Waals surface area contributed by atoms with Crippen molar-refractivity contribution in [1.82, 2.24) is 10.3 Å². The van der Waals surface area contributed by atoms with Crippen LogP contribution in [0.2, 0.25) is 0 Å². The average molecular weight is 270 g/mol. The van der Waals surface area contributed by atoms with Crippen molar-refractivity contribution < 1.29 is 0 Å². The number of nitrogens with one attached hydrogen (secondary N) is 1. The van der Waals surface area contributed by atoms with Crippen LogP contribution >= 0.6 is 11.3 Å². The molecule has 1 aromatic heterocycles. The molecule has 1 heterocycles. The van der Waals surface area contributed by atoms with Gasteiger partial charge >= 0.3 is 0 Å². The van der Waals surface area contributed by atoms with Gasteiger partial charge in [-0.2, -0.15) is 0 Å². The Morgan fingerprint density at radius 3 is 2.53 bits per heavy atom. The maximum atomic E-state index is 4.95. The van der Waals surface area contributed by atoms with Crippen molar-refractivity contribution in [3.63, 3.8) is 0 Å². The first-order valence-electron chi connectivity index (χ1n) is 7.05. The van der Waals surface area contributed by atoms with Crippen LogP contribution in [0, 0.1) is 0 Å². The maximum absolute atomic E-state index is 4.95. The van der Waals surface area contributed by atoms with Crippen LogP contribution in [0.3, 0.4) is 0 Å². The highest BCUT2D eigenvalue weighted by Crippen LogP contribution is 2.41. The van der Waals surface area contributed by atoms with Crippen molar-refractivity contribution in [3.8, 4) is 0 Å². The zero-order chi connectivity index (χ0) is 12.9. The largest absolute Gasteiger partial charge is 0.308 e.